The van der Waals surface area contributed by atoms with Crippen LogP contribution in [-0.2, 0) is 16.0 Å². The lowest BCUT2D eigenvalue weighted by Gasteiger charge is -2.14. The Morgan fingerprint density at radius 3 is 2.68 bits per heavy atom. The zero-order valence-electron chi connectivity index (χ0n) is 14.6. The summed E-state index contributed by atoms with van der Waals surface area (Å²) in [5.74, 6) is -0.158. The van der Waals surface area contributed by atoms with E-state index in [0.717, 1.165) is 29.6 Å². The van der Waals surface area contributed by atoms with Crippen molar-refractivity contribution in [2.45, 2.75) is 29.8 Å². The molecule has 150 valence electrons. The Balaban J connectivity index is 1.96. The first kappa shape index (κ1) is 20.6. The molecule has 0 aliphatic carbocycles. The van der Waals surface area contributed by atoms with Crippen molar-refractivity contribution < 1.29 is 27.4 Å². The number of hydrogen-bond acceptors (Lipinski definition) is 7. The number of carbonyl (C=O) groups is 1. The van der Waals surface area contributed by atoms with Crippen molar-refractivity contribution in [1.29, 1.82) is 0 Å². The van der Waals surface area contributed by atoms with Gasteiger partial charge in [0.2, 0.25) is 0 Å². The summed E-state index contributed by atoms with van der Waals surface area (Å²) in [5, 5.41) is 0.281. The molecule has 28 heavy (non-hydrogen) atoms. The smallest absolute Gasteiger partial charge is 0.465 e. The molecule has 0 saturated carbocycles. The highest BCUT2D eigenvalue weighted by Gasteiger charge is 2.31. The number of thioether (sulfide) groups is 2. The third-order valence-electron chi connectivity index (χ3n) is 3.62. The number of alkyl halides is 3. The summed E-state index contributed by atoms with van der Waals surface area (Å²) in [6.07, 6.45) is -4.16. The largest absolute Gasteiger partial charge is 0.573 e. The Bertz CT molecular complexity index is 930. The van der Waals surface area contributed by atoms with E-state index in [9.17, 15) is 22.8 Å². The van der Waals surface area contributed by atoms with Crippen LogP contribution in [0.3, 0.4) is 0 Å². The molecule has 2 heterocycles. The van der Waals surface area contributed by atoms with Gasteiger partial charge in [0.25, 0.3) is 5.56 Å². The first-order chi connectivity index (χ1) is 13.3. The summed E-state index contributed by atoms with van der Waals surface area (Å²) in [6, 6.07) is 4.92. The van der Waals surface area contributed by atoms with Gasteiger partial charge in [0.15, 0.2) is 5.16 Å². The van der Waals surface area contributed by atoms with Gasteiger partial charge in [-0.25, -0.2) is 4.98 Å². The van der Waals surface area contributed by atoms with Crippen molar-refractivity contribution in [2.75, 3.05) is 18.1 Å². The van der Waals surface area contributed by atoms with Gasteiger partial charge in [0.05, 0.1) is 28.6 Å². The number of esters is 1. The lowest BCUT2D eigenvalue weighted by Crippen LogP contribution is -2.24. The predicted molar refractivity (Wildman–Crippen MR) is 98.3 cm³/mol. The number of rotatable bonds is 6. The maximum atomic E-state index is 12.9. The van der Waals surface area contributed by atoms with Crippen LogP contribution >= 0.6 is 23.5 Å². The van der Waals surface area contributed by atoms with E-state index in [1.54, 1.807) is 6.92 Å². The maximum Gasteiger partial charge on any atom is 0.573 e. The third-order valence-corrected chi connectivity index (χ3v) is 5.64. The third kappa shape index (κ3) is 4.82. The minimum atomic E-state index is -4.80. The number of nitrogens with zero attached hydrogens (tertiary/aromatic N) is 2. The SMILES string of the molecule is CCOC(=O)CSc1nc2c(c(=O)n1-c1ccc(OC(F)(F)F)cc1)SCC2. The molecule has 1 aliphatic rings. The lowest BCUT2D eigenvalue weighted by molar-refractivity contribution is -0.274. The molecule has 11 heteroatoms. The Morgan fingerprint density at radius 2 is 2.04 bits per heavy atom. The van der Waals surface area contributed by atoms with Gasteiger partial charge in [-0.05, 0) is 31.2 Å². The lowest BCUT2D eigenvalue weighted by atomic mass is 10.3. The highest BCUT2D eigenvalue weighted by molar-refractivity contribution is 8.00. The van der Waals surface area contributed by atoms with Gasteiger partial charge < -0.3 is 9.47 Å². The number of halogens is 3. The molecule has 0 amide bonds. The van der Waals surface area contributed by atoms with Crippen molar-refractivity contribution in [3.05, 3.63) is 40.3 Å². The second-order valence-corrected chi connectivity index (χ2v) is 7.59. The van der Waals surface area contributed by atoms with Crippen molar-refractivity contribution in [3.63, 3.8) is 0 Å². The summed E-state index contributed by atoms with van der Waals surface area (Å²) in [4.78, 5) is 29.6. The number of benzene rings is 1. The number of ether oxygens (including phenoxy) is 2. The molecular weight excluding hydrogens is 417 g/mol. The molecule has 1 aliphatic heterocycles. The molecule has 0 spiro atoms. The van der Waals surface area contributed by atoms with E-state index in [1.807, 2.05) is 0 Å². The van der Waals surface area contributed by atoms with Crippen molar-refractivity contribution in [3.8, 4) is 11.4 Å². The van der Waals surface area contributed by atoms with Crippen LogP contribution in [0.4, 0.5) is 13.2 Å². The first-order valence-corrected chi connectivity index (χ1v) is 10.2. The predicted octanol–water partition coefficient (Wildman–Crippen LogP) is 3.43. The standard InChI is InChI=1S/C17H15F3N2O4S2/c1-2-25-13(23)9-28-16-21-12-7-8-27-14(12)15(24)22(16)10-3-5-11(6-4-10)26-17(18,19)20/h3-6H,2,7-9H2,1H3. The number of aromatic nitrogens is 2. The average Bonchev–Trinajstić information content (AvgIpc) is 3.09. The van der Waals surface area contributed by atoms with Crippen molar-refractivity contribution >= 4 is 29.5 Å². The van der Waals surface area contributed by atoms with Gasteiger partial charge in [-0.2, -0.15) is 0 Å². The topological polar surface area (TPSA) is 70.4 Å². The fraction of sp³-hybridized carbons (Fsp3) is 0.353. The van der Waals surface area contributed by atoms with E-state index in [-0.39, 0.29) is 23.1 Å². The molecule has 0 radical (unpaired) electrons. The molecule has 0 atom stereocenters. The van der Waals surface area contributed by atoms with Gasteiger partial charge in [-0.3, -0.25) is 14.2 Å². The van der Waals surface area contributed by atoms with Crippen molar-refractivity contribution in [1.82, 2.24) is 9.55 Å². The van der Waals surface area contributed by atoms with Gasteiger partial charge in [0, 0.05) is 12.2 Å². The van der Waals surface area contributed by atoms with Crippen molar-refractivity contribution in [2.24, 2.45) is 0 Å². The fourth-order valence-electron chi connectivity index (χ4n) is 2.54. The summed E-state index contributed by atoms with van der Waals surface area (Å²) < 4.78 is 47.1. The zero-order valence-corrected chi connectivity index (χ0v) is 16.2. The monoisotopic (exact) mass is 432 g/mol. The Kier molecular flexibility index (Phi) is 6.23. The molecule has 2 aromatic rings. The number of aryl methyl sites for hydroxylation is 1. The summed E-state index contributed by atoms with van der Waals surface area (Å²) in [7, 11) is 0. The van der Waals surface area contributed by atoms with Crippen LogP contribution < -0.4 is 10.3 Å². The number of carbonyl (C=O) groups excluding carboxylic acids is 1. The molecular formula is C17H15F3N2O4S2. The second-order valence-electron chi connectivity index (χ2n) is 5.54. The normalized spacial score (nSPS) is 13.3. The average molecular weight is 432 g/mol. The quantitative estimate of drug-likeness (QED) is 0.393. The van der Waals surface area contributed by atoms with Gasteiger partial charge in [-0.15, -0.1) is 24.9 Å². The molecule has 0 N–H and O–H groups in total. The van der Waals surface area contributed by atoms with Crippen LogP contribution in [-0.4, -0.2) is 40.0 Å². The molecule has 0 bridgehead atoms. The summed E-state index contributed by atoms with van der Waals surface area (Å²) in [6.45, 7) is 1.93. The number of fused-ring (bicyclic) bond motifs is 1. The van der Waals surface area contributed by atoms with E-state index in [1.165, 1.54) is 28.5 Å². The zero-order chi connectivity index (χ0) is 20.3. The number of hydrogen-bond donors (Lipinski definition) is 0. The first-order valence-electron chi connectivity index (χ1n) is 8.22. The van der Waals surface area contributed by atoms with Crippen LogP contribution in [0.1, 0.15) is 12.6 Å². The summed E-state index contributed by atoms with van der Waals surface area (Å²) in [5.41, 5.74) is 0.673. The highest BCUT2D eigenvalue weighted by Crippen LogP contribution is 2.30. The highest BCUT2D eigenvalue weighted by atomic mass is 32.2. The van der Waals surface area contributed by atoms with Crippen LogP contribution in [0.15, 0.2) is 39.1 Å². The van der Waals surface area contributed by atoms with Crippen LogP contribution in [0, 0.1) is 0 Å². The van der Waals surface area contributed by atoms with E-state index in [2.05, 4.69) is 9.72 Å². The molecule has 3 rings (SSSR count). The Hall–Kier alpha value is -2.14. The Labute approximate surface area is 166 Å². The van der Waals surface area contributed by atoms with Crippen LogP contribution in [0.25, 0.3) is 5.69 Å². The molecule has 1 aromatic carbocycles. The molecule has 0 fully saturated rings. The molecule has 0 unspecified atom stereocenters. The minimum Gasteiger partial charge on any atom is -0.465 e. The van der Waals surface area contributed by atoms with E-state index >= 15 is 0 Å². The van der Waals surface area contributed by atoms with Crippen LogP contribution in [0.2, 0.25) is 0 Å². The molecule has 0 saturated heterocycles. The maximum absolute atomic E-state index is 12.9. The second kappa shape index (κ2) is 8.48. The summed E-state index contributed by atoms with van der Waals surface area (Å²) >= 11 is 2.43. The van der Waals surface area contributed by atoms with E-state index in [4.69, 9.17) is 4.74 Å². The Morgan fingerprint density at radius 1 is 1.32 bits per heavy atom. The minimum absolute atomic E-state index is 0.0402. The van der Waals surface area contributed by atoms with E-state index in [0.29, 0.717) is 22.7 Å². The fourth-order valence-corrected chi connectivity index (χ4v) is 4.39. The van der Waals surface area contributed by atoms with Crippen LogP contribution in [0.5, 0.6) is 5.75 Å². The van der Waals surface area contributed by atoms with Gasteiger partial charge in [-0.1, -0.05) is 11.8 Å². The van der Waals surface area contributed by atoms with Gasteiger partial charge >= 0.3 is 12.3 Å². The van der Waals surface area contributed by atoms with E-state index < -0.39 is 18.1 Å². The van der Waals surface area contributed by atoms with Gasteiger partial charge in [0.1, 0.15) is 5.75 Å². The molecule has 6 nitrogen and oxygen atoms in total. The molecule has 1 aromatic heterocycles.